The fourth-order valence-corrected chi connectivity index (χ4v) is 3.99. The van der Waals surface area contributed by atoms with Gasteiger partial charge in [0.25, 0.3) is 11.8 Å². The van der Waals surface area contributed by atoms with Crippen LogP contribution in [0.3, 0.4) is 0 Å². The van der Waals surface area contributed by atoms with Gasteiger partial charge in [0, 0.05) is 16.0 Å². The van der Waals surface area contributed by atoms with Crippen LogP contribution in [0.5, 0.6) is 0 Å². The molecule has 1 aliphatic heterocycles. The zero-order valence-electron chi connectivity index (χ0n) is 17.3. The molecule has 1 aliphatic rings. The predicted molar refractivity (Wildman–Crippen MR) is 124 cm³/mol. The molecule has 0 saturated carbocycles. The first kappa shape index (κ1) is 20.8. The van der Waals surface area contributed by atoms with Crippen molar-refractivity contribution in [3.05, 3.63) is 101 Å². The molecule has 6 nitrogen and oxygen atoms in total. The summed E-state index contributed by atoms with van der Waals surface area (Å²) in [6.07, 6.45) is 0. The molecule has 0 spiro atoms. The first-order valence-corrected chi connectivity index (χ1v) is 10.7. The van der Waals surface area contributed by atoms with Crippen molar-refractivity contribution in [2.75, 3.05) is 13.2 Å². The molecule has 1 aromatic heterocycles. The molecule has 0 bridgehead atoms. The second-order valence-corrected chi connectivity index (χ2v) is 7.96. The van der Waals surface area contributed by atoms with Gasteiger partial charge >= 0.3 is 5.97 Å². The Balaban J connectivity index is 1.37. The minimum absolute atomic E-state index is 0.0227. The number of carbonyl (C=O) groups excluding carboxylic acids is 3. The third-order valence-corrected chi connectivity index (χ3v) is 5.75. The standard InChI is InChI=1S/C26H17ClN2O4/c27-17-11-9-16(10-12-17)23-15-21(18-5-3-4-8-22(18)28-23)26(32)33-14-13-29-24(30)19-6-1-2-7-20(19)25(29)31/h1-12,15H,13-14H2. The van der Waals surface area contributed by atoms with Crippen molar-refractivity contribution in [3.63, 3.8) is 0 Å². The number of imide groups is 1. The second kappa shape index (κ2) is 8.48. The molecule has 7 heteroatoms. The highest BCUT2D eigenvalue weighted by atomic mass is 35.5. The molecule has 5 rings (SSSR count). The van der Waals surface area contributed by atoms with Gasteiger partial charge in [0.15, 0.2) is 0 Å². The molecular formula is C26H17ClN2O4. The molecule has 4 aromatic rings. The Kier molecular flexibility index (Phi) is 5.36. The Morgan fingerprint density at radius 1 is 0.879 bits per heavy atom. The van der Waals surface area contributed by atoms with Crippen LogP contribution in [0.2, 0.25) is 5.02 Å². The zero-order valence-corrected chi connectivity index (χ0v) is 18.1. The lowest BCUT2D eigenvalue weighted by atomic mass is 10.0. The summed E-state index contributed by atoms with van der Waals surface area (Å²) in [5, 5.41) is 1.26. The van der Waals surface area contributed by atoms with E-state index >= 15 is 0 Å². The molecule has 3 aromatic carbocycles. The number of esters is 1. The number of benzene rings is 3. The summed E-state index contributed by atoms with van der Waals surface area (Å²) in [5.41, 5.74) is 3.15. The summed E-state index contributed by atoms with van der Waals surface area (Å²) in [4.78, 5) is 43.7. The van der Waals surface area contributed by atoms with E-state index in [1.165, 1.54) is 0 Å². The third kappa shape index (κ3) is 3.85. The maximum absolute atomic E-state index is 13.0. The first-order valence-electron chi connectivity index (χ1n) is 10.3. The molecule has 0 atom stereocenters. The average Bonchev–Trinajstić information content (AvgIpc) is 3.08. The molecule has 0 radical (unpaired) electrons. The van der Waals surface area contributed by atoms with Gasteiger partial charge < -0.3 is 4.74 Å². The summed E-state index contributed by atoms with van der Waals surface area (Å²) in [6.45, 7) is -0.137. The van der Waals surface area contributed by atoms with E-state index in [2.05, 4.69) is 4.98 Å². The monoisotopic (exact) mass is 456 g/mol. The van der Waals surface area contributed by atoms with Gasteiger partial charge in [-0.1, -0.05) is 54.1 Å². The van der Waals surface area contributed by atoms with Crippen LogP contribution in [0.15, 0.2) is 78.9 Å². The summed E-state index contributed by atoms with van der Waals surface area (Å²) < 4.78 is 5.47. The molecule has 2 heterocycles. The number of fused-ring (bicyclic) bond motifs is 2. The van der Waals surface area contributed by atoms with E-state index in [9.17, 15) is 14.4 Å². The molecular weight excluding hydrogens is 440 g/mol. The maximum Gasteiger partial charge on any atom is 0.338 e. The number of rotatable bonds is 5. The fraction of sp³-hybridized carbons (Fsp3) is 0.0769. The van der Waals surface area contributed by atoms with Gasteiger partial charge in [0.2, 0.25) is 0 Å². The van der Waals surface area contributed by atoms with Gasteiger partial charge in [-0.15, -0.1) is 0 Å². The van der Waals surface area contributed by atoms with Gasteiger partial charge in [-0.25, -0.2) is 9.78 Å². The highest BCUT2D eigenvalue weighted by Crippen LogP contribution is 2.27. The van der Waals surface area contributed by atoms with Crippen molar-refractivity contribution in [1.82, 2.24) is 9.88 Å². The van der Waals surface area contributed by atoms with E-state index in [0.29, 0.717) is 38.3 Å². The lowest BCUT2D eigenvalue weighted by Crippen LogP contribution is -2.33. The SMILES string of the molecule is O=C(OCCN1C(=O)c2ccccc2C1=O)c1cc(-c2ccc(Cl)cc2)nc2ccccc12. The number of amides is 2. The Morgan fingerprint density at radius 3 is 2.21 bits per heavy atom. The highest BCUT2D eigenvalue weighted by Gasteiger charge is 2.34. The summed E-state index contributed by atoms with van der Waals surface area (Å²) >= 11 is 5.99. The fourth-order valence-electron chi connectivity index (χ4n) is 3.86. The van der Waals surface area contributed by atoms with E-state index in [1.807, 2.05) is 30.3 Å². The van der Waals surface area contributed by atoms with Crippen LogP contribution in [-0.4, -0.2) is 40.8 Å². The van der Waals surface area contributed by atoms with Crippen molar-refractivity contribution >= 4 is 40.3 Å². The Hall–Kier alpha value is -4.03. The van der Waals surface area contributed by atoms with Crippen molar-refractivity contribution in [2.45, 2.75) is 0 Å². The molecule has 0 N–H and O–H groups in total. The van der Waals surface area contributed by atoms with Crippen molar-refractivity contribution in [3.8, 4) is 11.3 Å². The number of para-hydroxylation sites is 1. The minimum atomic E-state index is -0.555. The van der Waals surface area contributed by atoms with Gasteiger partial charge in [-0.05, 0) is 36.4 Å². The number of hydrogen-bond donors (Lipinski definition) is 0. The maximum atomic E-state index is 13.0. The minimum Gasteiger partial charge on any atom is -0.460 e. The lowest BCUT2D eigenvalue weighted by Gasteiger charge is -2.14. The van der Waals surface area contributed by atoms with Crippen LogP contribution in [0.1, 0.15) is 31.1 Å². The molecule has 162 valence electrons. The molecule has 0 unspecified atom stereocenters. The number of carbonyl (C=O) groups is 3. The third-order valence-electron chi connectivity index (χ3n) is 5.50. The lowest BCUT2D eigenvalue weighted by molar-refractivity contribution is 0.0422. The summed E-state index contributed by atoms with van der Waals surface area (Å²) in [5.74, 6) is -1.32. The van der Waals surface area contributed by atoms with Crippen LogP contribution in [0.4, 0.5) is 0 Å². The second-order valence-electron chi connectivity index (χ2n) is 7.52. The van der Waals surface area contributed by atoms with Gasteiger partial charge in [0.1, 0.15) is 6.61 Å². The van der Waals surface area contributed by atoms with E-state index in [4.69, 9.17) is 16.3 Å². The number of aromatic nitrogens is 1. The van der Waals surface area contributed by atoms with Gasteiger partial charge in [0.05, 0.1) is 34.4 Å². The van der Waals surface area contributed by atoms with Crippen LogP contribution < -0.4 is 0 Å². The number of ether oxygens (including phenoxy) is 1. The normalized spacial score (nSPS) is 12.8. The molecule has 2 amide bonds. The first-order chi connectivity index (χ1) is 16.0. The van der Waals surface area contributed by atoms with Crippen molar-refractivity contribution in [2.24, 2.45) is 0 Å². The molecule has 0 fully saturated rings. The van der Waals surface area contributed by atoms with E-state index in [-0.39, 0.29) is 25.0 Å². The van der Waals surface area contributed by atoms with Gasteiger partial charge in [-0.2, -0.15) is 0 Å². The van der Waals surface area contributed by atoms with Crippen LogP contribution in [0, 0.1) is 0 Å². The largest absolute Gasteiger partial charge is 0.460 e. The van der Waals surface area contributed by atoms with E-state index in [1.54, 1.807) is 48.5 Å². The zero-order chi connectivity index (χ0) is 22.9. The summed E-state index contributed by atoms with van der Waals surface area (Å²) in [7, 11) is 0. The smallest absolute Gasteiger partial charge is 0.338 e. The van der Waals surface area contributed by atoms with Crippen LogP contribution in [0.25, 0.3) is 22.2 Å². The Morgan fingerprint density at radius 2 is 1.52 bits per heavy atom. The molecule has 0 saturated heterocycles. The Labute approximate surface area is 194 Å². The number of halogens is 1. The van der Waals surface area contributed by atoms with Crippen molar-refractivity contribution < 1.29 is 19.1 Å². The molecule has 0 aliphatic carbocycles. The van der Waals surface area contributed by atoms with Crippen LogP contribution >= 0.6 is 11.6 Å². The van der Waals surface area contributed by atoms with Crippen LogP contribution in [-0.2, 0) is 4.74 Å². The predicted octanol–water partition coefficient (Wildman–Crippen LogP) is 5.01. The van der Waals surface area contributed by atoms with E-state index in [0.717, 1.165) is 10.5 Å². The van der Waals surface area contributed by atoms with Crippen molar-refractivity contribution in [1.29, 1.82) is 0 Å². The van der Waals surface area contributed by atoms with Gasteiger partial charge in [-0.3, -0.25) is 14.5 Å². The topological polar surface area (TPSA) is 76.6 Å². The molecule has 33 heavy (non-hydrogen) atoms. The number of pyridine rings is 1. The summed E-state index contributed by atoms with van der Waals surface area (Å²) in [6, 6.07) is 22.8. The number of hydrogen-bond acceptors (Lipinski definition) is 5. The highest BCUT2D eigenvalue weighted by molar-refractivity contribution is 6.30. The Bertz CT molecular complexity index is 1380. The number of nitrogens with zero attached hydrogens (tertiary/aromatic N) is 2. The van der Waals surface area contributed by atoms with E-state index < -0.39 is 5.97 Å². The average molecular weight is 457 g/mol. The quantitative estimate of drug-likeness (QED) is 0.312.